The minimum atomic E-state index is -0.621. The first-order valence-electron chi connectivity index (χ1n) is 1.82. The molecule has 0 radical (unpaired) electrons. The lowest BCUT2D eigenvalue weighted by Gasteiger charge is -1.91. The van der Waals surface area contributed by atoms with Gasteiger partial charge in [-0.25, -0.2) is 4.79 Å². The number of nitrogens with zero attached hydrogens (tertiary/aromatic N) is 1. The van der Waals surface area contributed by atoms with Gasteiger partial charge in [0.1, 0.15) is 0 Å². The standard InChI is InChI=1S/C3H5NO4/c1-7-3(5)2-8-4-6/h2H2,1H3. The molecule has 8 heavy (non-hydrogen) atoms. The molecule has 0 amide bonds. The van der Waals surface area contributed by atoms with Crippen LogP contribution in [-0.2, 0) is 14.4 Å². The summed E-state index contributed by atoms with van der Waals surface area (Å²) in [5.74, 6) is -0.621. The van der Waals surface area contributed by atoms with Crippen LogP contribution in [0, 0.1) is 4.91 Å². The van der Waals surface area contributed by atoms with E-state index in [-0.39, 0.29) is 0 Å². The Labute approximate surface area is 45.5 Å². The van der Waals surface area contributed by atoms with Gasteiger partial charge in [0.2, 0.25) is 6.61 Å². The molecule has 46 valence electrons. The summed E-state index contributed by atoms with van der Waals surface area (Å²) < 4.78 is 4.09. The van der Waals surface area contributed by atoms with Gasteiger partial charge in [-0.1, -0.05) is 0 Å². The molecule has 0 fully saturated rings. The van der Waals surface area contributed by atoms with Crippen molar-refractivity contribution in [3.8, 4) is 0 Å². The van der Waals surface area contributed by atoms with E-state index in [9.17, 15) is 4.79 Å². The van der Waals surface area contributed by atoms with Crippen LogP contribution >= 0.6 is 0 Å². The smallest absolute Gasteiger partial charge is 0.346 e. The number of esters is 1. The molecule has 0 aliphatic rings. The summed E-state index contributed by atoms with van der Waals surface area (Å²) in [5.41, 5.74) is 0. The predicted octanol–water partition coefficient (Wildman–Crippen LogP) is -0.143. The summed E-state index contributed by atoms with van der Waals surface area (Å²) in [6, 6.07) is 0. The Balaban J connectivity index is 3.11. The summed E-state index contributed by atoms with van der Waals surface area (Å²) >= 11 is 0. The van der Waals surface area contributed by atoms with Crippen molar-refractivity contribution in [1.29, 1.82) is 0 Å². The summed E-state index contributed by atoms with van der Waals surface area (Å²) in [4.78, 5) is 23.0. The highest BCUT2D eigenvalue weighted by molar-refractivity contribution is 5.70. The van der Waals surface area contributed by atoms with Gasteiger partial charge in [-0.3, -0.25) is 0 Å². The van der Waals surface area contributed by atoms with E-state index in [0.29, 0.717) is 0 Å². The van der Waals surface area contributed by atoms with Gasteiger partial charge in [-0.2, -0.15) is 0 Å². The Morgan fingerprint density at radius 1 is 1.75 bits per heavy atom. The molecule has 0 aromatic carbocycles. The molecule has 0 aliphatic carbocycles. The number of hydrogen-bond donors (Lipinski definition) is 0. The number of carbonyl (C=O) groups excluding carboxylic acids is 1. The highest BCUT2D eigenvalue weighted by Gasteiger charge is 1.97. The minimum absolute atomic E-state index is 0.417. The average Bonchev–Trinajstić information content (AvgIpc) is 1.83. The highest BCUT2D eigenvalue weighted by Crippen LogP contribution is 1.76. The Morgan fingerprint density at radius 2 is 2.38 bits per heavy atom. The fourth-order valence-electron chi connectivity index (χ4n) is 0.138. The van der Waals surface area contributed by atoms with E-state index in [2.05, 4.69) is 9.57 Å². The van der Waals surface area contributed by atoms with Crippen molar-refractivity contribution >= 4 is 5.97 Å². The third kappa shape index (κ3) is 3.08. The maximum atomic E-state index is 10.0. The second kappa shape index (κ2) is 4.04. The van der Waals surface area contributed by atoms with E-state index in [1.54, 1.807) is 0 Å². The van der Waals surface area contributed by atoms with E-state index in [0.717, 1.165) is 0 Å². The maximum Gasteiger partial charge on any atom is 0.346 e. The van der Waals surface area contributed by atoms with Gasteiger partial charge >= 0.3 is 5.97 Å². The second-order valence-corrected chi connectivity index (χ2v) is 0.924. The van der Waals surface area contributed by atoms with Gasteiger partial charge in [0, 0.05) is 0 Å². The topological polar surface area (TPSA) is 65.0 Å². The van der Waals surface area contributed by atoms with Gasteiger partial charge in [0.25, 0.3) is 0 Å². The Morgan fingerprint density at radius 3 is 2.75 bits per heavy atom. The molecule has 0 spiro atoms. The molecular formula is C3H5NO4. The van der Waals surface area contributed by atoms with Gasteiger partial charge < -0.3 is 9.57 Å². The maximum absolute atomic E-state index is 10.0. The Kier molecular flexibility index (Phi) is 3.47. The fourth-order valence-corrected chi connectivity index (χ4v) is 0.138. The van der Waals surface area contributed by atoms with Crippen molar-refractivity contribution in [1.82, 2.24) is 0 Å². The predicted molar refractivity (Wildman–Crippen MR) is 23.8 cm³/mol. The van der Waals surface area contributed by atoms with Crippen LogP contribution in [0.4, 0.5) is 0 Å². The van der Waals surface area contributed by atoms with E-state index < -0.39 is 12.6 Å². The molecule has 0 saturated heterocycles. The summed E-state index contributed by atoms with van der Waals surface area (Å²) in [6.07, 6.45) is 0. The molecular weight excluding hydrogens is 114 g/mol. The molecule has 0 rings (SSSR count). The van der Waals surface area contributed by atoms with E-state index >= 15 is 0 Å². The number of rotatable bonds is 3. The fraction of sp³-hybridized carbons (Fsp3) is 0.667. The molecule has 0 heterocycles. The van der Waals surface area contributed by atoms with Crippen LogP contribution in [0.5, 0.6) is 0 Å². The van der Waals surface area contributed by atoms with E-state index in [4.69, 9.17) is 4.91 Å². The average molecular weight is 119 g/mol. The number of ether oxygens (including phenoxy) is 1. The van der Waals surface area contributed by atoms with Crippen molar-refractivity contribution in [2.24, 2.45) is 5.34 Å². The van der Waals surface area contributed by atoms with Crippen LogP contribution in [-0.4, -0.2) is 19.7 Å². The molecule has 0 aromatic heterocycles. The lowest BCUT2D eigenvalue weighted by Crippen LogP contribution is -2.06. The van der Waals surface area contributed by atoms with Crippen LogP contribution in [0.3, 0.4) is 0 Å². The van der Waals surface area contributed by atoms with Crippen LogP contribution in [0.1, 0.15) is 0 Å². The van der Waals surface area contributed by atoms with Crippen LogP contribution in [0.25, 0.3) is 0 Å². The molecule has 0 unspecified atom stereocenters. The SMILES string of the molecule is COC(=O)CON=O. The van der Waals surface area contributed by atoms with Gasteiger partial charge in [-0.15, -0.1) is 4.91 Å². The first kappa shape index (κ1) is 6.87. The zero-order valence-electron chi connectivity index (χ0n) is 4.29. The summed E-state index contributed by atoms with van der Waals surface area (Å²) in [5, 5.41) is 1.97. The zero-order valence-corrected chi connectivity index (χ0v) is 4.29. The molecule has 0 aromatic rings. The summed E-state index contributed by atoms with van der Waals surface area (Å²) in [7, 11) is 1.19. The molecule has 0 saturated carbocycles. The normalized spacial score (nSPS) is 7.62. The molecule has 5 heteroatoms. The number of carbonyl (C=O) groups is 1. The van der Waals surface area contributed by atoms with Gasteiger partial charge in [0.05, 0.1) is 7.11 Å². The van der Waals surface area contributed by atoms with Crippen LogP contribution in [0.15, 0.2) is 5.34 Å². The van der Waals surface area contributed by atoms with Crippen molar-refractivity contribution in [2.75, 3.05) is 13.7 Å². The largest absolute Gasteiger partial charge is 0.466 e. The van der Waals surface area contributed by atoms with Crippen LogP contribution < -0.4 is 0 Å². The molecule has 5 nitrogen and oxygen atoms in total. The van der Waals surface area contributed by atoms with Gasteiger partial charge in [0.15, 0.2) is 5.34 Å². The Bertz CT molecular complexity index is 91.3. The minimum Gasteiger partial charge on any atom is -0.466 e. The number of hydrogen-bond acceptors (Lipinski definition) is 5. The zero-order chi connectivity index (χ0) is 6.41. The first-order valence-corrected chi connectivity index (χ1v) is 1.82. The first-order chi connectivity index (χ1) is 3.81. The molecule has 0 atom stereocenters. The van der Waals surface area contributed by atoms with E-state index in [1.807, 2.05) is 5.34 Å². The third-order valence-electron chi connectivity index (χ3n) is 0.463. The lowest BCUT2D eigenvalue weighted by atomic mass is 10.7. The quantitative estimate of drug-likeness (QED) is 0.294. The van der Waals surface area contributed by atoms with Crippen molar-refractivity contribution in [2.45, 2.75) is 0 Å². The second-order valence-electron chi connectivity index (χ2n) is 0.924. The molecule has 0 N–H and O–H groups in total. The van der Waals surface area contributed by atoms with Crippen LogP contribution in [0.2, 0.25) is 0 Å². The van der Waals surface area contributed by atoms with Gasteiger partial charge in [-0.05, 0) is 0 Å². The summed E-state index contributed by atoms with van der Waals surface area (Å²) in [6.45, 7) is -0.417. The van der Waals surface area contributed by atoms with E-state index in [1.165, 1.54) is 7.11 Å². The van der Waals surface area contributed by atoms with Crippen molar-refractivity contribution in [3.63, 3.8) is 0 Å². The van der Waals surface area contributed by atoms with Crippen molar-refractivity contribution in [3.05, 3.63) is 4.91 Å². The lowest BCUT2D eigenvalue weighted by molar-refractivity contribution is -0.145. The molecule has 0 bridgehead atoms. The van der Waals surface area contributed by atoms with Crippen molar-refractivity contribution < 1.29 is 14.4 Å². The third-order valence-corrected chi connectivity index (χ3v) is 0.463. The highest BCUT2D eigenvalue weighted by atomic mass is 16.7. The Hall–Kier alpha value is -1.13. The molecule has 0 aliphatic heterocycles. The monoisotopic (exact) mass is 119 g/mol. The number of methoxy groups -OCH3 is 1.